The molecule has 0 saturated carbocycles. The van der Waals surface area contributed by atoms with E-state index in [2.05, 4.69) is 4.98 Å². The van der Waals surface area contributed by atoms with E-state index in [4.69, 9.17) is 17.3 Å². The Kier molecular flexibility index (Phi) is 2.26. The summed E-state index contributed by atoms with van der Waals surface area (Å²) in [4.78, 5) is 16.0. The van der Waals surface area contributed by atoms with E-state index in [9.17, 15) is 4.79 Å². The molecule has 2 aromatic rings. The van der Waals surface area contributed by atoms with Gasteiger partial charge in [0, 0.05) is 12.4 Å². The lowest BCUT2D eigenvalue weighted by Crippen LogP contribution is -2.12. The molecule has 0 spiro atoms. The summed E-state index contributed by atoms with van der Waals surface area (Å²) >= 11 is 6.93. The predicted molar refractivity (Wildman–Crippen MR) is 55.7 cm³/mol. The Morgan fingerprint density at radius 1 is 1.57 bits per heavy atom. The number of carbonyl (C=O) groups excluding carboxylic acids is 1. The van der Waals surface area contributed by atoms with Gasteiger partial charge in [-0.15, -0.1) is 11.3 Å². The zero-order valence-electron chi connectivity index (χ0n) is 6.98. The number of halogens is 1. The Hall–Kier alpha value is -1.33. The van der Waals surface area contributed by atoms with E-state index in [1.807, 2.05) is 0 Å². The zero-order valence-corrected chi connectivity index (χ0v) is 8.55. The van der Waals surface area contributed by atoms with E-state index in [1.54, 1.807) is 12.1 Å². The van der Waals surface area contributed by atoms with E-state index < -0.39 is 0 Å². The molecule has 0 atom stereocenters. The molecule has 0 fully saturated rings. The third kappa shape index (κ3) is 1.51. The molecule has 0 unspecified atom stereocenters. The summed E-state index contributed by atoms with van der Waals surface area (Å²) in [5.74, 6) is -0.0311. The van der Waals surface area contributed by atoms with Crippen LogP contribution in [0.2, 0.25) is 4.34 Å². The first-order valence-corrected chi connectivity index (χ1v) is 4.97. The van der Waals surface area contributed by atoms with Crippen molar-refractivity contribution in [2.75, 3.05) is 5.73 Å². The molecule has 0 aliphatic carbocycles. The van der Waals surface area contributed by atoms with Crippen molar-refractivity contribution in [1.29, 1.82) is 0 Å². The van der Waals surface area contributed by atoms with Crippen LogP contribution >= 0.6 is 22.9 Å². The fraction of sp³-hybridized carbons (Fsp3) is 0. The fourth-order valence-corrected chi connectivity index (χ4v) is 2.01. The van der Waals surface area contributed by atoms with Crippen LogP contribution in [0.5, 0.6) is 0 Å². The molecule has 0 saturated heterocycles. The van der Waals surface area contributed by atoms with Gasteiger partial charge in [-0.05, 0) is 12.1 Å². The summed E-state index contributed by atoms with van der Waals surface area (Å²) in [6.07, 6.45) is 2.99. The second-order valence-electron chi connectivity index (χ2n) is 2.56. The first kappa shape index (κ1) is 9.23. The highest BCUT2D eigenvalue weighted by Crippen LogP contribution is 2.22. The van der Waals surface area contributed by atoms with Crippen molar-refractivity contribution in [3.05, 3.63) is 33.7 Å². The maximum atomic E-state index is 11.7. The van der Waals surface area contributed by atoms with Crippen LogP contribution in [0.25, 0.3) is 0 Å². The highest BCUT2D eigenvalue weighted by atomic mass is 35.5. The van der Waals surface area contributed by atoms with E-state index >= 15 is 0 Å². The number of nitrogens with two attached hydrogens (primary N) is 1. The Labute approximate surface area is 88.9 Å². The number of hydrogen-bond acceptors (Lipinski definition) is 4. The van der Waals surface area contributed by atoms with Crippen molar-refractivity contribution in [2.45, 2.75) is 0 Å². The summed E-state index contributed by atoms with van der Waals surface area (Å²) in [6, 6.07) is 3.33. The Morgan fingerprint density at radius 2 is 2.36 bits per heavy atom. The van der Waals surface area contributed by atoms with Crippen molar-refractivity contribution in [3.63, 3.8) is 0 Å². The van der Waals surface area contributed by atoms with Crippen molar-refractivity contribution < 1.29 is 4.79 Å². The molecular formula is C8H6ClN3OS. The van der Waals surface area contributed by atoms with Gasteiger partial charge < -0.3 is 5.73 Å². The lowest BCUT2D eigenvalue weighted by molar-refractivity contribution is 0.0966. The highest BCUT2D eigenvalue weighted by Gasteiger charge is 2.12. The van der Waals surface area contributed by atoms with Crippen LogP contribution in [0.4, 0.5) is 5.95 Å². The summed E-state index contributed by atoms with van der Waals surface area (Å²) in [5, 5.41) is 0. The maximum absolute atomic E-state index is 11.7. The fourth-order valence-electron chi connectivity index (χ4n) is 1.03. The topological polar surface area (TPSA) is 60.9 Å². The molecule has 2 aromatic heterocycles. The Balaban J connectivity index is 2.38. The molecule has 0 aliphatic rings. The van der Waals surface area contributed by atoms with Crippen molar-refractivity contribution in [2.24, 2.45) is 0 Å². The summed E-state index contributed by atoms with van der Waals surface area (Å²) in [5.41, 5.74) is 5.49. The molecule has 6 heteroatoms. The van der Waals surface area contributed by atoms with Crippen molar-refractivity contribution >= 4 is 34.8 Å². The number of anilines is 1. The molecule has 0 aliphatic heterocycles. The van der Waals surface area contributed by atoms with Gasteiger partial charge in [0.05, 0.1) is 9.21 Å². The smallest absolute Gasteiger partial charge is 0.274 e. The molecule has 14 heavy (non-hydrogen) atoms. The molecule has 4 nitrogen and oxygen atoms in total. The first-order valence-electron chi connectivity index (χ1n) is 3.77. The minimum atomic E-state index is -0.211. The van der Waals surface area contributed by atoms with Crippen molar-refractivity contribution in [1.82, 2.24) is 9.55 Å². The van der Waals surface area contributed by atoms with E-state index in [0.29, 0.717) is 9.21 Å². The summed E-state index contributed by atoms with van der Waals surface area (Å²) in [6.45, 7) is 0. The zero-order chi connectivity index (χ0) is 10.1. The van der Waals surface area contributed by atoms with E-state index in [1.165, 1.54) is 28.3 Å². The van der Waals surface area contributed by atoms with Crippen LogP contribution in [0.3, 0.4) is 0 Å². The number of rotatable bonds is 1. The molecule has 0 bridgehead atoms. The lowest BCUT2D eigenvalue weighted by Gasteiger charge is -1.99. The first-order chi connectivity index (χ1) is 6.68. The van der Waals surface area contributed by atoms with Crippen molar-refractivity contribution in [3.8, 4) is 0 Å². The Morgan fingerprint density at radius 3 is 2.86 bits per heavy atom. The summed E-state index contributed by atoms with van der Waals surface area (Å²) in [7, 11) is 0. The maximum Gasteiger partial charge on any atom is 0.274 e. The predicted octanol–water partition coefficient (Wildman–Crippen LogP) is 1.87. The molecular weight excluding hydrogens is 222 g/mol. The third-order valence-corrected chi connectivity index (χ3v) is 2.89. The molecule has 0 aromatic carbocycles. The number of nitrogen functional groups attached to an aromatic ring is 1. The van der Waals surface area contributed by atoms with Gasteiger partial charge in [0.25, 0.3) is 5.91 Å². The van der Waals surface area contributed by atoms with Crippen LogP contribution in [0.1, 0.15) is 9.67 Å². The minimum Gasteiger partial charge on any atom is -0.369 e. The Bertz CT molecular complexity index is 476. The molecule has 2 rings (SSSR count). The third-order valence-electron chi connectivity index (χ3n) is 1.67. The lowest BCUT2D eigenvalue weighted by atomic mass is 10.4. The van der Waals surface area contributed by atoms with Crippen LogP contribution in [-0.4, -0.2) is 15.5 Å². The number of hydrogen-bond donors (Lipinski definition) is 1. The molecule has 2 heterocycles. The van der Waals surface area contributed by atoms with Gasteiger partial charge in [0.1, 0.15) is 0 Å². The molecule has 2 N–H and O–H groups in total. The number of nitrogens with zero attached hydrogens (tertiary/aromatic N) is 2. The van der Waals surface area contributed by atoms with E-state index in [0.717, 1.165) is 0 Å². The molecule has 72 valence electrons. The van der Waals surface area contributed by atoms with Gasteiger partial charge in [-0.3, -0.25) is 9.36 Å². The standard InChI is InChI=1S/C8H6ClN3OS/c9-6-2-1-5(14-6)7(13)12-4-3-11-8(12)10/h1-4H,(H2,10,11). The summed E-state index contributed by atoms with van der Waals surface area (Å²) < 4.78 is 1.86. The monoisotopic (exact) mass is 227 g/mol. The van der Waals surface area contributed by atoms with Gasteiger partial charge in [-0.2, -0.15) is 0 Å². The number of imidazole rings is 1. The van der Waals surface area contributed by atoms with Crippen LogP contribution < -0.4 is 5.73 Å². The SMILES string of the molecule is Nc1nccn1C(=O)c1ccc(Cl)s1. The van der Waals surface area contributed by atoms with Crippen LogP contribution in [-0.2, 0) is 0 Å². The van der Waals surface area contributed by atoms with Crippen LogP contribution in [0.15, 0.2) is 24.5 Å². The quantitative estimate of drug-likeness (QED) is 0.809. The van der Waals surface area contributed by atoms with Gasteiger partial charge in [0.15, 0.2) is 0 Å². The number of thiophene rings is 1. The number of carbonyl (C=O) groups is 1. The number of aromatic nitrogens is 2. The van der Waals surface area contributed by atoms with Gasteiger partial charge in [0.2, 0.25) is 5.95 Å². The highest BCUT2D eigenvalue weighted by molar-refractivity contribution is 7.18. The average molecular weight is 228 g/mol. The van der Waals surface area contributed by atoms with Gasteiger partial charge in [-0.1, -0.05) is 11.6 Å². The average Bonchev–Trinajstić information content (AvgIpc) is 2.73. The molecule has 0 amide bonds. The van der Waals surface area contributed by atoms with Gasteiger partial charge in [-0.25, -0.2) is 4.98 Å². The van der Waals surface area contributed by atoms with E-state index in [-0.39, 0.29) is 11.9 Å². The van der Waals surface area contributed by atoms with Crippen LogP contribution in [0, 0.1) is 0 Å². The van der Waals surface area contributed by atoms with Gasteiger partial charge >= 0.3 is 0 Å². The molecule has 0 radical (unpaired) electrons. The second kappa shape index (κ2) is 3.43. The normalized spacial score (nSPS) is 10.4. The second-order valence-corrected chi connectivity index (χ2v) is 4.28. The largest absolute Gasteiger partial charge is 0.369 e. The minimum absolute atomic E-state index is 0.180.